The lowest BCUT2D eigenvalue weighted by atomic mass is 9.98. The predicted molar refractivity (Wildman–Crippen MR) is 92.9 cm³/mol. The van der Waals surface area contributed by atoms with E-state index in [2.05, 4.69) is 28.6 Å². The van der Waals surface area contributed by atoms with Gasteiger partial charge in [-0.2, -0.15) is 12.6 Å². The highest BCUT2D eigenvalue weighted by Crippen LogP contribution is 2.08. The van der Waals surface area contributed by atoms with Gasteiger partial charge in [0, 0.05) is 5.75 Å². The molecule has 0 aromatic rings. The smallest absolute Gasteiger partial charge is 0.328 e. The van der Waals surface area contributed by atoms with Gasteiger partial charge in [-0.05, 0) is 5.92 Å². The zero-order valence-electron chi connectivity index (χ0n) is 14.2. The van der Waals surface area contributed by atoms with Gasteiger partial charge < -0.3 is 31.9 Å². The van der Waals surface area contributed by atoms with Gasteiger partial charge in [0.2, 0.25) is 17.7 Å². The van der Waals surface area contributed by atoms with Crippen molar-refractivity contribution >= 4 is 36.3 Å². The van der Waals surface area contributed by atoms with Crippen LogP contribution in [0.25, 0.3) is 0 Å². The Hall–Kier alpha value is -1.85. The molecule has 0 radical (unpaired) electrons. The van der Waals surface area contributed by atoms with Gasteiger partial charge in [-0.3, -0.25) is 14.4 Å². The van der Waals surface area contributed by atoms with Crippen LogP contribution >= 0.6 is 12.6 Å². The summed E-state index contributed by atoms with van der Waals surface area (Å²) < 4.78 is 0. The highest BCUT2D eigenvalue weighted by atomic mass is 32.1. The molecule has 4 unspecified atom stereocenters. The Bertz CT molecular complexity index is 490. The maximum Gasteiger partial charge on any atom is 0.328 e. The van der Waals surface area contributed by atoms with Crippen molar-refractivity contribution in [2.45, 2.75) is 38.4 Å². The molecule has 3 amide bonds. The van der Waals surface area contributed by atoms with E-state index in [1.54, 1.807) is 6.92 Å². The highest BCUT2D eigenvalue weighted by Gasteiger charge is 2.30. The molecule has 0 aliphatic rings. The first-order valence-corrected chi connectivity index (χ1v) is 8.39. The number of carboxylic acids is 1. The van der Waals surface area contributed by atoms with E-state index in [0.29, 0.717) is 6.42 Å². The molecular weight excluding hydrogens is 352 g/mol. The third-order valence-electron chi connectivity index (χ3n) is 3.61. The molecule has 0 aromatic carbocycles. The average Bonchev–Trinajstić information content (AvgIpc) is 2.60. The van der Waals surface area contributed by atoms with Crippen LogP contribution < -0.4 is 21.7 Å². The number of hydrogen-bond donors (Lipinski definition) is 7. The van der Waals surface area contributed by atoms with Gasteiger partial charge in [0.1, 0.15) is 18.1 Å². The lowest BCUT2D eigenvalue weighted by molar-refractivity contribution is -0.143. The molecule has 144 valence electrons. The fourth-order valence-electron chi connectivity index (χ4n) is 1.85. The molecule has 7 N–H and O–H groups in total. The highest BCUT2D eigenvalue weighted by molar-refractivity contribution is 7.80. The second-order valence-electron chi connectivity index (χ2n) is 5.46. The van der Waals surface area contributed by atoms with Crippen LogP contribution in [0.15, 0.2) is 0 Å². The fraction of sp³-hybridized carbons (Fsp3) is 0.714. The number of thiol groups is 1. The summed E-state index contributed by atoms with van der Waals surface area (Å²) in [4.78, 5) is 46.8. The Morgan fingerprint density at radius 3 is 2.04 bits per heavy atom. The van der Waals surface area contributed by atoms with Gasteiger partial charge in [0.15, 0.2) is 0 Å². The summed E-state index contributed by atoms with van der Waals surface area (Å²) in [6.45, 7) is 2.51. The minimum atomic E-state index is -1.49. The number of aliphatic hydroxyl groups is 1. The Labute approximate surface area is 151 Å². The minimum absolute atomic E-state index is 0.104. The average molecular weight is 378 g/mol. The summed E-state index contributed by atoms with van der Waals surface area (Å²) >= 11 is 3.97. The minimum Gasteiger partial charge on any atom is -0.480 e. The first-order chi connectivity index (χ1) is 11.7. The normalized spacial score (nSPS) is 15.4. The van der Waals surface area contributed by atoms with Crippen LogP contribution in [0.3, 0.4) is 0 Å². The standard InChI is InChI=1S/C14H26N4O6S/c1-3-7(2)11(18-10(20)4-15)13(22)17-9(6-25)12(21)16-8(5-19)14(23)24/h7-9,11,19,25H,3-6,15H2,1-2H3,(H,16,21)(H,17,22)(H,18,20)(H,23,24). The van der Waals surface area contributed by atoms with Crippen molar-refractivity contribution in [2.75, 3.05) is 18.9 Å². The number of amides is 3. The van der Waals surface area contributed by atoms with E-state index in [0.717, 1.165) is 0 Å². The van der Waals surface area contributed by atoms with Gasteiger partial charge in [0.05, 0.1) is 13.2 Å². The number of nitrogens with two attached hydrogens (primary N) is 1. The van der Waals surface area contributed by atoms with E-state index < -0.39 is 48.4 Å². The zero-order valence-corrected chi connectivity index (χ0v) is 15.1. The molecule has 0 saturated carbocycles. The Morgan fingerprint density at radius 1 is 1.08 bits per heavy atom. The first kappa shape index (κ1) is 23.1. The van der Waals surface area contributed by atoms with Crippen molar-refractivity contribution in [2.24, 2.45) is 11.7 Å². The molecule has 0 aliphatic carbocycles. The van der Waals surface area contributed by atoms with Crippen LogP contribution in [0.1, 0.15) is 20.3 Å². The molecule has 0 rings (SSSR count). The summed E-state index contributed by atoms with van der Waals surface area (Å²) in [7, 11) is 0. The third-order valence-corrected chi connectivity index (χ3v) is 3.98. The molecule has 0 fully saturated rings. The molecule has 0 aromatic heterocycles. The molecule has 0 aliphatic heterocycles. The number of carbonyl (C=O) groups excluding carboxylic acids is 3. The van der Waals surface area contributed by atoms with E-state index in [4.69, 9.17) is 15.9 Å². The molecule has 11 heteroatoms. The molecule has 4 atom stereocenters. The van der Waals surface area contributed by atoms with Crippen LogP contribution in [-0.4, -0.2) is 70.9 Å². The number of rotatable bonds is 11. The van der Waals surface area contributed by atoms with Gasteiger partial charge in [-0.25, -0.2) is 4.79 Å². The number of nitrogens with one attached hydrogen (secondary N) is 3. The van der Waals surface area contributed by atoms with E-state index >= 15 is 0 Å². The largest absolute Gasteiger partial charge is 0.480 e. The molecule has 0 heterocycles. The summed E-state index contributed by atoms with van der Waals surface area (Å²) in [6, 6.07) is -3.52. The zero-order chi connectivity index (χ0) is 19.6. The van der Waals surface area contributed by atoms with E-state index in [9.17, 15) is 19.2 Å². The van der Waals surface area contributed by atoms with Crippen LogP contribution in [-0.2, 0) is 19.2 Å². The van der Waals surface area contributed by atoms with Gasteiger partial charge >= 0.3 is 5.97 Å². The number of carbonyl (C=O) groups is 4. The fourth-order valence-corrected chi connectivity index (χ4v) is 2.10. The second-order valence-corrected chi connectivity index (χ2v) is 5.83. The van der Waals surface area contributed by atoms with Gasteiger partial charge in [-0.1, -0.05) is 20.3 Å². The van der Waals surface area contributed by atoms with Crippen LogP contribution in [0.2, 0.25) is 0 Å². The molecule has 25 heavy (non-hydrogen) atoms. The van der Waals surface area contributed by atoms with Crippen LogP contribution in [0.4, 0.5) is 0 Å². The Balaban J connectivity index is 5.05. The van der Waals surface area contributed by atoms with Gasteiger partial charge in [0.25, 0.3) is 0 Å². The number of aliphatic hydroxyl groups excluding tert-OH is 1. The van der Waals surface area contributed by atoms with Crippen molar-refractivity contribution in [1.82, 2.24) is 16.0 Å². The monoisotopic (exact) mass is 378 g/mol. The third kappa shape index (κ3) is 7.71. The van der Waals surface area contributed by atoms with E-state index in [-0.39, 0.29) is 18.2 Å². The maximum atomic E-state index is 12.4. The van der Waals surface area contributed by atoms with Crippen molar-refractivity contribution in [3.63, 3.8) is 0 Å². The molecule has 0 saturated heterocycles. The van der Waals surface area contributed by atoms with E-state index in [1.165, 1.54) is 0 Å². The van der Waals surface area contributed by atoms with Crippen molar-refractivity contribution < 1.29 is 29.4 Å². The van der Waals surface area contributed by atoms with Crippen molar-refractivity contribution in [3.05, 3.63) is 0 Å². The number of hydrogen-bond acceptors (Lipinski definition) is 7. The van der Waals surface area contributed by atoms with Crippen molar-refractivity contribution in [3.8, 4) is 0 Å². The Kier molecular flexibility index (Phi) is 10.8. The Morgan fingerprint density at radius 2 is 1.64 bits per heavy atom. The number of carboxylic acid groups (broad SMARTS) is 1. The molecular formula is C14H26N4O6S. The molecule has 0 bridgehead atoms. The SMILES string of the molecule is CCC(C)C(NC(=O)CN)C(=O)NC(CS)C(=O)NC(CO)C(=O)O. The van der Waals surface area contributed by atoms with E-state index in [1.807, 2.05) is 6.92 Å². The lowest BCUT2D eigenvalue weighted by Crippen LogP contribution is -2.58. The summed E-state index contributed by atoms with van der Waals surface area (Å²) in [5.41, 5.74) is 5.24. The van der Waals surface area contributed by atoms with Crippen LogP contribution in [0.5, 0.6) is 0 Å². The van der Waals surface area contributed by atoms with Crippen molar-refractivity contribution in [1.29, 1.82) is 0 Å². The maximum absolute atomic E-state index is 12.4. The molecule has 0 spiro atoms. The molecule has 10 nitrogen and oxygen atoms in total. The lowest BCUT2D eigenvalue weighted by Gasteiger charge is -2.26. The van der Waals surface area contributed by atoms with Gasteiger partial charge in [-0.15, -0.1) is 0 Å². The first-order valence-electron chi connectivity index (χ1n) is 7.76. The summed E-state index contributed by atoms with van der Waals surface area (Å²) in [6.07, 6.45) is 0.590. The summed E-state index contributed by atoms with van der Waals surface area (Å²) in [5, 5.41) is 24.8. The topological polar surface area (TPSA) is 171 Å². The summed E-state index contributed by atoms with van der Waals surface area (Å²) in [5.74, 6) is -3.67. The quantitative estimate of drug-likeness (QED) is 0.194. The predicted octanol–water partition coefficient (Wildman–Crippen LogP) is -2.55. The second kappa shape index (κ2) is 11.7. The van der Waals surface area contributed by atoms with Crippen LogP contribution in [0, 0.1) is 5.92 Å². The number of aliphatic carboxylic acids is 1.